The molecule has 0 aliphatic carbocycles. The Hall–Kier alpha value is 1.52. The van der Waals surface area contributed by atoms with Gasteiger partial charge in [0.15, 0.2) is 0 Å². The minimum absolute atomic E-state index is 0. The Labute approximate surface area is 101 Å². The third-order valence-corrected chi connectivity index (χ3v) is 3.00. The predicted octanol–water partition coefficient (Wildman–Crippen LogP) is -0.317. The maximum atomic E-state index is 10.4. The fourth-order valence-corrected chi connectivity index (χ4v) is 2.43. The van der Waals surface area contributed by atoms with E-state index >= 15 is 0 Å². The second kappa shape index (κ2) is 6.09. The fraction of sp³-hybridized carbons (Fsp3) is 1.00. The Bertz CT molecular complexity index is 218. The van der Waals surface area contributed by atoms with Crippen LogP contribution in [0.4, 0.5) is 0 Å². The molecule has 0 heterocycles. The van der Waals surface area contributed by atoms with E-state index in [4.69, 9.17) is 19.9 Å². The first-order chi connectivity index (χ1) is 4.77. The summed E-state index contributed by atoms with van der Waals surface area (Å²) in [6.07, 6.45) is -1.56. The Morgan fingerprint density at radius 2 is 1.58 bits per heavy atom. The van der Waals surface area contributed by atoms with Gasteiger partial charge in [-0.1, -0.05) is 0 Å². The van der Waals surface area contributed by atoms with Crippen LogP contribution in [0.1, 0.15) is 2.85 Å². The summed E-state index contributed by atoms with van der Waals surface area (Å²) in [4.78, 5) is 24.9. The Kier molecular flexibility index (Phi) is 8.10. The number of rotatable bonds is 4. The molecule has 0 aromatic rings. The topological polar surface area (TPSA) is 124 Å². The molecule has 1 atom stereocenters. The summed E-state index contributed by atoms with van der Waals surface area (Å²) in [7, 11) is -8.51. The van der Waals surface area contributed by atoms with Crippen molar-refractivity contribution in [3.63, 3.8) is 0 Å². The van der Waals surface area contributed by atoms with Gasteiger partial charge >= 0.3 is 52.9 Å². The number of hydrogen-bond acceptors (Lipinski definition) is 4. The van der Waals surface area contributed by atoms with Crippen molar-refractivity contribution in [1.82, 2.24) is 0 Å². The van der Waals surface area contributed by atoms with Crippen LogP contribution in [-0.2, 0) is 13.8 Å². The van der Waals surface area contributed by atoms with Gasteiger partial charge in [0.25, 0.3) is 0 Å². The van der Waals surface area contributed by atoms with Crippen LogP contribution in [0.25, 0.3) is 0 Å². The van der Waals surface area contributed by atoms with Crippen molar-refractivity contribution in [3.8, 4) is 0 Å². The first-order valence-corrected chi connectivity index (χ1v) is 6.02. The minimum Gasteiger partial charge on any atom is -1.00 e. The molecule has 0 aromatic carbocycles. The molecule has 12 heavy (non-hydrogen) atoms. The van der Waals surface area contributed by atoms with Crippen molar-refractivity contribution in [2.75, 3.05) is 12.3 Å². The molecule has 0 saturated carbocycles. The zero-order valence-electron chi connectivity index (χ0n) is 8.03. The average molecular weight is 248 g/mol. The summed E-state index contributed by atoms with van der Waals surface area (Å²) >= 11 is 0. The van der Waals surface area contributed by atoms with E-state index < -0.39 is 27.5 Å². The number of hydrogen-bond donors (Lipinski definition) is 4. The normalized spacial score (nSPS) is 16.3. The quantitative estimate of drug-likeness (QED) is 0.232. The van der Waals surface area contributed by atoms with Crippen LogP contribution < -0.4 is 0 Å². The standard InChI is InChI=1S/C2H8O7P2.Ca.2H/c3-9-11(7,8)2-1-10(4,5)6;;;/h3H,1-2H2,(H,7,8)(H2,4,5,6);;;/q;+2;2*-1. The smallest absolute Gasteiger partial charge is 1.00 e. The van der Waals surface area contributed by atoms with E-state index in [0.29, 0.717) is 0 Å². The molecule has 0 aliphatic heterocycles. The molecule has 72 valence electrons. The van der Waals surface area contributed by atoms with Gasteiger partial charge in [-0.05, 0) is 0 Å². The molecule has 0 fully saturated rings. The molecule has 0 aromatic heterocycles. The Morgan fingerprint density at radius 1 is 1.17 bits per heavy atom. The van der Waals surface area contributed by atoms with Crippen LogP contribution in [-0.4, -0.2) is 70.0 Å². The summed E-state index contributed by atoms with van der Waals surface area (Å²) in [5.74, 6) is 0. The van der Waals surface area contributed by atoms with Gasteiger partial charge in [0.05, 0.1) is 12.3 Å². The minimum atomic E-state index is -4.30. The molecule has 10 heteroatoms. The van der Waals surface area contributed by atoms with Crippen LogP contribution in [0.15, 0.2) is 0 Å². The molecule has 0 aliphatic rings. The Morgan fingerprint density at radius 3 is 1.83 bits per heavy atom. The third kappa shape index (κ3) is 9.61. The SMILES string of the molecule is O=P(O)(O)CCP(=O)(O)OO.[Ca+2].[H-].[H-]. The maximum Gasteiger partial charge on any atom is 2.00 e. The van der Waals surface area contributed by atoms with Crippen molar-refractivity contribution >= 4 is 52.9 Å². The van der Waals surface area contributed by atoms with Crippen molar-refractivity contribution in [2.45, 2.75) is 0 Å². The molecule has 7 nitrogen and oxygen atoms in total. The zero-order chi connectivity index (χ0) is 9.12. The van der Waals surface area contributed by atoms with Crippen LogP contribution in [0.2, 0.25) is 0 Å². The largest absolute Gasteiger partial charge is 2.00 e. The monoisotopic (exact) mass is 248 g/mol. The van der Waals surface area contributed by atoms with Gasteiger partial charge in [-0.3, -0.25) is 9.13 Å². The van der Waals surface area contributed by atoms with Crippen LogP contribution in [0.3, 0.4) is 0 Å². The van der Waals surface area contributed by atoms with E-state index in [0.717, 1.165) is 0 Å². The summed E-state index contributed by atoms with van der Waals surface area (Å²) in [5, 5.41) is 7.72. The molecular weight excluding hydrogens is 238 g/mol. The molecule has 0 radical (unpaired) electrons. The van der Waals surface area contributed by atoms with Crippen molar-refractivity contribution in [2.24, 2.45) is 0 Å². The van der Waals surface area contributed by atoms with Crippen molar-refractivity contribution in [3.05, 3.63) is 0 Å². The third-order valence-electron chi connectivity index (χ3n) is 0.801. The predicted molar refractivity (Wildman–Crippen MR) is 43.3 cm³/mol. The molecule has 0 spiro atoms. The van der Waals surface area contributed by atoms with Gasteiger partial charge in [-0.25, -0.2) is 5.26 Å². The second-order valence-electron chi connectivity index (χ2n) is 1.83. The van der Waals surface area contributed by atoms with E-state index in [9.17, 15) is 9.13 Å². The van der Waals surface area contributed by atoms with Crippen molar-refractivity contribution < 1.29 is 36.6 Å². The van der Waals surface area contributed by atoms with Crippen LogP contribution in [0.5, 0.6) is 0 Å². The summed E-state index contributed by atoms with van der Waals surface area (Å²) in [6.45, 7) is 0. The van der Waals surface area contributed by atoms with E-state index in [-0.39, 0.29) is 40.6 Å². The molecule has 4 N–H and O–H groups in total. The second-order valence-corrected chi connectivity index (χ2v) is 5.49. The summed E-state index contributed by atoms with van der Waals surface area (Å²) in [6, 6.07) is 0. The molecular formula is C2H10CaO7P2. The fourth-order valence-electron chi connectivity index (χ4n) is 0.297. The van der Waals surface area contributed by atoms with E-state index in [1.807, 2.05) is 0 Å². The summed E-state index contributed by atoms with van der Waals surface area (Å²) < 4.78 is 23.6. The van der Waals surface area contributed by atoms with E-state index in [2.05, 4.69) is 4.67 Å². The summed E-state index contributed by atoms with van der Waals surface area (Å²) in [5.41, 5.74) is 0. The van der Waals surface area contributed by atoms with Gasteiger partial charge in [0.1, 0.15) is 0 Å². The molecule has 0 saturated heterocycles. The van der Waals surface area contributed by atoms with Crippen LogP contribution >= 0.6 is 15.2 Å². The van der Waals surface area contributed by atoms with Gasteiger partial charge in [0.2, 0.25) is 0 Å². The van der Waals surface area contributed by atoms with Crippen LogP contribution in [0, 0.1) is 0 Å². The van der Waals surface area contributed by atoms with Gasteiger partial charge < -0.3 is 17.5 Å². The maximum absolute atomic E-state index is 10.4. The van der Waals surface area contributed by atoms with Crippen molar-refractivity contribution in [1.29, 1.82) is 0 Å². The molecule has 0 amide bonds. The Balaban J connectivity index is -0.000000167. The molecule has 0 bridgehead atoms. The molecule has 1 unspecified atom stereocenters. The first-order valence-electron chi connectivity index (χ1n) is 2.46. The van der Waals surface area contributed by atoms with Gasteiger partial charge in [0, 0.05) is 0 Å². The van der Waals surface area contributed by atoms with E-state index in [1.165, 1.54) is 0 Å². The van der Waals surface area contributed by atoms with Gasteiger partial charge in [-0.15, -0.1) is 0 Å². The van der Waals surface area contributed by atoms with E-state index in [1.54, 1.807) is 0 Å². The first kappa shape index (κ1) is 16.0. The zero-order valence-corrected chi connectivity index (χ0v) is 10.0. The van der Waals surface area contributed by atoms with Gasteiger partial charge in [-0.2, -0.15) is 4.67 Å². The molecule has 0 rings (SSSR count). The average Bonchev–Trinajstić information content (AvgIpc) is 1.83.